The Bertz CT molecular complexity index is 355. The average Bonchev–Trinajstić information content (AvgIpc) is 3.13. The molecule has 4 aliphatic rings. The van der Waals surface area contributed by atoms with Crippen LogP contribution in [0.25, 0.3) is 0 Å². The Kier molecular flexibility index (Phi) is 4.25. The van der Waals surface area contributed by atoms with Gasteiger partial charge in [0.05, 0.1) is 18.3 Å². The predicted molar refractivity (Wildman–Crippen MR) is 83.1 cm³/mol. The predicted octanol–water partition coefficient (Wildman–Crippen LogP) is 3.01. The van der Waals surface area contributed by atoms with Gasteiger partial charge >= 0.3 is 0 Å². The van der Waals surface area contributed by atoms with Gasteiger partial charge in [0, 0.05) is 12.1 Å². The van der Waals surface area contributed by atoms with Crippen molar-refractivity contribution in [3.8, 4) is 0 Å². The first kappa shape index (κ1) is 14.5. The maximum atomic E-state index is 10.2. The number of hydrogen-bond donors (Lipinski definition) is 2. The number of hydrogen-bond acceptors (Lipinski definition) is 3. The fraction of sp³-hybridized carbons (Fsp3) is 1.00. The third kappa shape index (κ3) is 3.02. The van der Waals surface area contributed by atoms with Crippen LogP contribution >= 0.6 is 0 Å². The lowest BCUT2D eigenvalue weighted by molar-refractivity contribution is 0.0249. The van der Waals surface area contributed by atoms with Gasteiger partial charge in [0.2, 0.25) is 0 Å². The van der Waals surface area contributed by atoms with E-state index in [2.05, 4.69) is 5.32 Å². The standard InChI is InChI=1S/C18H31NO2/c20-13-6-8-17(19-12-4-2-1-3-5-12)15(10-13)16-11-14-7-9-18(16)21-14/h12-20H,1-11H2. The van der Waals surface area contributed by atoms with Crippen LogP contribution in [0, 0.1) is 11.8 Å². The van der Waals surface area contributed by atoms with E-state index in [-0.39, 0.29) is 6.10 Å². The Morgan fingerprint density at radius 3 is 2.38 bits per heavy atom. The van der Waals surface area contributed by atoms with Gasteiger partial charge in [-0.1, -0.05) is 19.3 Å². The van der Waals surface area contributed by atoms with E-state index in [0.717, 1.165) is 25.3 Å². The van der Waals surface area contributed by atoms with Gasteiger partial charge < -0.3 is 15.2 Å². The van der Waals surface area contributed by atoms with Crippen molar-refractivity contribution in [1.82, 2.24) is 5.32 Å². The lowest BCUT2D eigenvalue weighted by Gasteiger charge is -2.42. The van der Waals surface area contributed by atoms with Crippen LogP contribution in [0.4, 0.5) is 0 Å². The number of nitrogens with one attached hydrogen (secondary N) is 1. The number of rotatable bonds is 3. The Hall–Kier alpha value is -0.120. The molecule has 2 aliphatic heterocycles. The van der Waals surface area contributed by atoms with Crippen LogP contribution in [0.5, 0.6) is 0 Å². The molecule has 0 radical (unpaired) electrons. The van der Waals surface area contributed by atoms with Crippen molar-refractivity contribution in [2.45, 2.75) is 101 Å². The SMILES string of the molecule is OC1CCC(NC2CCCCC2)C(C2CC3CCC2O3)C1. The summed E-state index contributed by atoms with van der Waals surface area (Å²) in [5, 5.41) is 14.2. The van der Waals surface area contributed by atoms with Crippen molar-refractivity contribution in [2.75, 3.05) is 0 Å². The van der Waals surface area contributed by atoms with Gasteiger partial charge in [-0.25, -0.2) is 0 Å². The van der Waals surface area contributed by atoms with Gasteiger partial charge in [-0.05, 0) is 63.2 Å². The first-order valence-electron chi connectivity index (χ1n) is 9.39. The lowest BCUT2D eigenvalue weighted by Crippen LogP contribution is -2.50. The first-order valence-corrected chi connectivity index (χ1v) is 9.39. The first-order chi connectivity index (χ1) is 10.3. The minimum Gasteiger partial charge on any atom is -0.393 e. The van der Waals surface area contributed by atoms with Crippen molar-refractivity contribution in [3.63, 3.8) is 0 Å². The van der Waals surface area contributed by atoms with Crippen molar-refractivity contribution in [2.24, 2.45) is 11.8 Å². The second-order valence-electron chi connectivity index (χ2n) is 8.01. The maximum Gasteiger partial charge on any atom is 0.0612 e. The third-order valence-corrected chi connectivity index (χ3v) is 6.63. The van der Waals surface area contributed by atoms with E-state index in [9.17, 15) is 5.11 Å². The average molecular weight is 293 g/mol. The van der Waals surface area contributed by atoms with Gasteiger partial charge in [0.1, 0.15) is 0 Å². The van der Waals surface area contributed by atoms with Crippen LogP contribution in [0.15, 0.2) is 0 Å². The highest BCUT2D eigenvalue weighted by atomic mass is 16.5. The molecule has 6 unspecified atom stereocenters. The third-order valence-electron chi connectivity index (χ3n) is 6.63. The second-order valence-corrected chi connectivity index (χ2v) is 8.01. The number of aliphatic hydroxyl groups is 1. The molecule has 3 heteroatoms. The van der Waals surface area contributed by atoms with Crippen LogP contribution in [-0.4, -0.2) is 35.5 Å². The zero-order chi connectivity index (χ0) is 14.2. The highest BCUT2D eigenvalue weighted by Gasteiger charge is 2.47. The molecule has 0 aromatic carbocycles. The summed E-state index contributed by atoms with van der Waals surface area (Å²) in [7, 11) is 0. The molecule has 21 heavy (non-hydrogen) atoms. The van der Waals surface area contributed by atoms with Crippen LogP contribution in [0.1, 0.15) is 70.6 Å². The monoisotopic (exact) mass is 293 g/mol. The summed E-state index contributed by atoms with van der Waals surface area (Å²) in [6.45, 7) is 0. The normalized spacial score (nSPS) is 47.9. The van der Waals surface area contributed by atoms with E-state index in [1.807, 2.05) is 0 Å². The lowest BCUT2D eigenvalue weighted by atomic mass is 9.69. The van der Waals surface area contributed by atoms with E-state index in [1.54, 1.807) is 0 Å². The summed E-state index contributed by atoms with van der Waals surface area (Å²) in [5.74, 6) is 1.35. The molecule has 2 saturated heterocycles. The molecule has 0 amide bonds. The van der Waals surface area contributed by atoms with E-state index >= 15 is 0 Å². The largest absolute Gasteiger partial charge is 0.393 e. The smallest absolute Gasteiger partial charge is 0.0612 e. The van der Waals surface area contributed by atoms with Gasteiger partial charge in [-0.2, -0.15) is 0 Å². The van der Waals surface area contributed by atoms with E-state index in [1.165, 1.54) is 51.4 Å². The Morgan fingerprint density at radius 2 is 1.67 bits per heavy atom. The fourth-order valence-corrected chi connectivity index (χ4v) is 5.56. The quantitative estimate of drug-likeness (QED) is 0.840. The van der Waals surface area contributed by atoms with Crippen molar-refractivity contribution in [3.05, 3.63) is 0 Å². The summed E-state index contributed by atoms with van der Waals surface area (Å²) in [4.78, 5) is 0. The molecule has 120 valence electrons. The molecule has 0 aromatic heterocycles. The molecule has 2 bridgehead atoms. The maximum absolute atomic E-state index is 10.2. The van der Waals surface area contributed by atoms with Gasteiger partial charge in [0.25, 0.3) is 0 Å². The van der Waals surface area contributed by atoms with Gasteiger partial charge in [-0.3, -0.25) is 0 Å². The van der Waals surface area contributed by atoms with Crippen molar-refractivity contribution in [1.29, 1.82) is 0 Å². The van der Waals surface area contributed by atoms with Gasteiger partial charge in [0.15, 0.2) is 0 Å². The number of aliphatic hydroxyl groups excluding tert-OH is 1. The van der Waals surface area contributed by atoms with Gasteiger partial charge in [-0.15, -0.1) is 0 Å². The summed E-state index contributed by atoms with van der Waals surface area (Å²) < 4.78 is 6.10. The molecular weight excluding hydrogens is 262 g/mol. The molecule has 2 saturated carbocycles. The molecule has 2 N–H and O–H groups in total. The highest BCUT2D eigenvalue weighted by Crippen LogP contribution is 2.46. The minimum absolute atomic E-state index is 0.0708. The molecule has 0 aromatic rings. The minimum atomic E-state index is -0.0708. The Morgan fingerprint density at radius 1 is 0.810 bits per heavy atom. The topological polar surface area (TPSA) is 41.5 Å². The molecular formula is C18H31NO2. The molecule has 4 fully saturated rings. The summed E-state index contributed by atoms with van der Waals surface area (Å²) in [5.41, 5.74) is 0. The van der Waals surface area contributed by atoms with E-state index in [4.69, 9.17) is 4.74 Å². The molecule has 4 rings (SSSR count). The fourth-order valence-electron chi connectivity index (χ4n) is 5.56. The number of fused-ring (bicyclic) bond motifs is 2. The van der Waals surface area contributed by atoms with Crippen LogP contribution in [0.2, 0.25) is 0 Å². The number of ether oxygens (including phenoxy) is 1. The van der Waals surface area contributed by atoms with E-state index < -0.39 is 0 Å². The van der Waals surface area contributed by atoms with Crippen LogP contribution < -0.4 is 5.32 Å². The summed E-state index contributed by atoms with van der Waals surface area (Å²) >= 11 is 0. The summed E-state index contributed by atoms with van der Waals surface area (Å²) in [6, 6.07) is 1.37. The van der Waals surface area contributed by atoms with E-state index in [0.29, 0.717) is 30.1 Å². The summed E-state index contributed by atoms with van der Waals surface area (Å²) in [6.07, 6.45) is 14.8. The zero-order valence-electron chi connectivity index (χ0n) is 13.2. The van der Waals surface area contributed by atoms with Crippen molar-refractivity contribution >= 4 is 0 Å². The zero-order valence-corrected chi connectivity index (χ0v) is 13.2. The molecule has 3 nitrogen and oxygen atoms in total. The molecule has 0 spiro atoms. The van der Waals surface area contributed by atoms with Crippen LogP contribution in [0.3, 0.4) is 0 Å². The molecule has 2 aliphatic carbocycles. The second kappa shape index (κ2) is 6.17. The molecule has 2 heterocycles. The van der Waals surface area contributed by atoms with Crippen LogP contribution in [-0.2, 0) is 4.74 Å². The highest BCUT2D eigenvalue weighted by molar-refractivity contribution is 4.99. The van der Waals surface area contributed by atoms with Crippen molar-refractivity contribution < 1.29 is 9.84 Å². The Labute approximate surface area is 128 Å². The Balaban J connectivity index is 1.42. The molecule has 6 atom stereocenters.